The molecule has 0 rings (SSSR count). The molecule has 1 atom stereocenters. The fourth-order valence-electron chi connectivity index (χ4n) is 0.472. The Balaban J connectivity index is 3.25. The summed E-state index contributed by atoms with van der Waals surface area (Å²) in [6.45, 7) is 5.46. The van der Waals surface area contributed by atoms with Crippen LogP contribution in [-0.4, -0.2) is 16.5 Å². The third-order valence-electron chi connectivity index (χ3n) is 0.773. The molecule has 0 saturated heterocycles. The van der Waals surface area contributed by atoms with E-state index in [1.807, 2.05) is 0 Å². The van der Waals surface area contributed by atoms with Gasteiger partial charge in [0.1, 0.15) is 0 Å². The summed E-state index contributed by atoms with van der Waals surface area (Å²) >= 11 is 3.23. The van der Waals surface area contributed by atoms with Gasteiger partial charge in [0.15, 0.2) is 0 Å². The molecule has 1 N–H and O–H groups in total. The Hall–Kier alpha value is 0.180. The largest absolute Gasteiger partial charge is 0.393 e. The lowest BCUT2D eigenvalue weighted by atomic mass is 10.2. The van der Waals surface area contributed by atoms with E-state index in [-0.39, 0.29) is 6.10 Å². The van der Waals surface area contributed by atoms with Crippen molar-refractivity contribution in [3.63, 3.8) is 0 Å². The normalized spacial score (nSPS) is 13.4. The van der Waals surface area contributed by atoms with Crippen molar-refractivity contribution < 1.29 is 5.11 Å². The maximum atomic E-state index is 8.77. The molecule has 0 radical (unpaired) electrons. The molecular formula is C6H11BrO. The highest BCUT2D eigenvalue weighted by atomic mass is 79.9. The van der Waals surface area contributed by atoms with E-state index in [2.05, 4.69) is 22.5 Å². The van der Waals surface area contributed by atoms with Crippen molar-refractivity contribution in [1.29, 1.82) is 0 Å². The number of aliphatic hydroxyl groups is 1. The van der Waals surface area contributed by atoms with Gasteiger partial charge in [0.25, 0.3) is 0 Å². The molecule has 0 bridgehead atoms. The van der Waals surface area contributed by atoms with E-state index < -0.39 is 0 Å². The second-order valence-corrected chi connectivity index (χ2v) is 2.50. The highest BCUT2D eigenvalue weighted by molar-refractivity contribution is 9.09. The summed E-state index contributed by atoms with van der Waals surface area (Å²) in [4.78, 5) is 0. The van der Waals surface area contributed by atoms with Crippen LogP contribution < -0.4 is 0 Å². The van der Waals surface area contributed by atoms with Gasteiger partial charge in [-0.1, -0.05) is 28.1 Å². The summed E-state index contributed by atoms with van der Waals surface area (Å²) in [5.74, 6) is 0. The molecule has 0 aromatic rings. The number of rotatable bonds is 3. The molecule has 1 unspecified atom stereocenters. The molecular weight excluding hydrogens is 168 g/mol. The highest BCUT2D eigenvalue weighted by Crippen LogP contribution is 2.04. The minimum absolute atomic E-state index is 0.250. The molecule has 2 heteroatoms. The molecule has 48 valence electrons. The molecule has 0 fully saturated rings. The standard InChI is InChI=1S/C6H11BrO/c1-5(4-7)3-6(2)8/h6,8H,1,3-4H2,2H3. The Morgan fingerprint density at radius 3 is 2.50 bits per heavy atom. The van der Waals surface area contributed by atoms with Gasteiger partial charge in [-0.3, -0.25) is 0 Å². The first-order valence-electron chi connectivity index (χ1n) is 2.57. The van der Waals surface area contributed by atoms with E-state index in [1.165, 1.54) is 0 Å². The Bertz CT molecular complexity index is 78.6. The minimum atomic E-state index is -0.250. The topological polar surface area (TPSA) is 20.2 Å². The Kier molecular flexibility index (Phi) is 4.19. The monoisotopic (exact) mass is 178 g/mol. The lowest BCUT2D eigenvalue weighted by Crippen LogP contribution is -2.00. The second-order valence-electron chi connectivity index (χ2n) is 1.94. The average Bonchev–Trinajstić information content (AvgIpc) is 1.65. The second kappa shape index (κ2) is 4.10. The summed E-state index contributed by atoms with van der Waals surface area (Å²) in [5, 5.41) is 9.56. The van der Waals surface area contributed by atoms with E-state index in [0.717, 1.165) is 10.9 Å². The molecule has 0 aromatic heterocycles. The Labute approximate surface area is 58.5 Å². The number of alkyl halides is 1. The van der Waals surface area contributed by atoms with E-state index in [1.54, 1.807) is 6.92 Å². The summed E-state index contributed by atoms with van der Waals surface area (Å²) in [6, 6.07) is 0. The van der Waals surface area contributed by atoms with Gasteiger partial charge in [-0.2, -0.15) is 0 Å². The zero-order valence-electron chi connectivity index (χ0n) is 5.02. The average molecular weight is 179 g/mol. The first-order chi connectivity index (χ1) is 3.66. The van der Waals surface area contributed by atoms with Crippen LogP contribution in [-0.2, 0) is 0 Å². The SMILES string of the molecule is C=C(CBr)CC(C)O. The van der Waals surface area contributed by atoms with Crippen molar-refractivity contribution >= 4 is 15.9 Å². The summed E-state index contributed by atoms with van der Waals surface area (Å²) in [6.07, 6.45) is 0.450. The summed E-state index contributed by atoms with van der Waals surface area (Å²) in [5.41, 5.74) is 1.04. The van der Waals surface area contributed by atoms with Gasteiger partial charge >= 0.3 is 0 Å². The van der Waals surface area contributed by atoms with Crippen LogP contribution in [0.5, 0.6) is 0 Å². The van der Waals surface area contributed by atoms with Crippen molar-refractivity contribution in [3.8, 4) is 0 Å². The van der Waals surface area contributed by atoms with Gasteiger partial charge in [-0.05, 0) is 13.3 Å². The van der Waals surface area contributed by atoms with Gasteiger partial charge in [0.2, 0.25) is 0 Å². The fourth-order valence-corrected chi connectivity index (χ4v) is 0.701. The maximum Gasteiger partial charge on any atom is 0.0549 e. The van der Waals surface area contributed by atoms with Crippen molar-refractivity contribution in [2.24, 2.45) is 0 Å². The van der Waals surface area contributed by atoms with Crippen molar-refractivity contribution in [2.75, 3.05) is 5.33 Å². The summed E-state index contributed by atoms with van der Waals surface area (Å²) < 4.78 is 0. The van der Waals surface area contributed by atoms with E-state index in [4.69, 9.17) is 5.11 Å². The number of halogens is 1. The molecule has 0 aliphatic carbocycles. The predicted octanol–water partition coefficient (Wildman–Crippen LogP) is 1.71. The van der Waals surface area contributed by atoms with Gasteiger partial charge in [-0.15, -0.1) is 0 Å². The van der Waals surface area contributed by atoms with E-state index in [9.17, 15) is 0 Å². The van der Waals surface area contributed by atoms with Crippen molar-refractivity contribution in [2.45, 2.75) is 19.4 Å². The van der Waals surface area contributed by atoms with Gasteiger partial charge in [-0.25, -0.2) is 0 Å². The number of aliphatic hydroxyl groups excluding tert-OH is 1. The Morgan fingerprint density at radius 2 is 2.38 bits per heavy atom. The van der Waals surface area contributed by atoms with Crippen LogP contribution in [0.4, 0.5) is 0 Å². The first kappa shape index (κ1) is 8.18. The molecule has 0 aliphatic rings. The van der Waals surface area contributed by atoms with Crippen molar-refractivity contribution in [3.05, 3.63) is 12.2 Å². The first-order valence-corrected chi connectivity index (χ1v) is 3.69. The van der Waals surface area contributed by atoms with Crippen LogP contribution in [0.15, 0.2) is 12.2 Å². The molecule has 0 aromatic carbocycles. The lowest BCUT2D eigenvalue weighted by molar-refractivity contribution is 0.195. The van der Waals surface area contributed by atoms with Crippen LogP contribution in [0.25, 0.3) is 0 Å². The lowest BCUT2D eigenvalue weighted by Gasteiger charge is -2.02. The molecule has 0 spiro atoms. The smallest absolute Gasteiger partial charge is 0.0549 e. The van der Waals surface area contributed by atoms with E-state index in [0.29, 0.717) is 6.42 Å². The van der Waals surface area contributed by atoms with Gasteiger partial charge in [0.05, 0.1) is 6.10 Å². The third-order valence-corrected chi connectivity index (χ3v) is 1.57. The van der Waals surface area contributed by atoms with Crippen molar-refractivity contribution in [1.82, 2.24) is 0 Å². The molecule has 0 heterocycles. The van der Waals surface area contributed by atoms with Crippen LogP contribution in [0.3, 0.4) is 0 Å². The van der Waals surface area contributed by atoms with E-state index >= 15 is 0 Å². The van der Waals surface area contributed by atoms with Gasteiger partial charge in [0, 0.05) is 5.33 Å². The molecule has 8 heavy (non-hydrogen) atoms. The fraction of sp³-hybridized carbons (Fsp3) is 0.667. The van der Waals surface area contributed by atoms with Crippen LogP contribution in [0, 0.1) is 0 Å². The highest BCUT2D eigenvalue weighted by Gasteiger charge is 1.96. The third kappa shape index (κ3) is 4.34. The van der Waals surface area contributed by atoms with Gasteiger partial charge < -0.3 is 5.11 Å². The minimum Gasteiger partial charge on any atom is -0.393 e. The maximum absolute atomic E-state index is 8.77. The van der Waals surface area contributed by atoms with Crippen LogP contribution in [0.2, 0.25) is 0 Å². The quantitative estimate of drug-likeness (QED) is 0.516. The zero-order chi connectivity index (χ0) is 6.57. The summed E-state index contributed by atoms with van der Waals surface area (Å²) in [7, 11) is 0. The Morgan fingerprint density at radius 1 is 1.88 bits per heavy atom. The molecule has 0 aliphatic heterocycles. The van der Waals surface area contributed by atoms with Crippen LogP contribution >= 0.6 is 15.9 Å². The number of hydrogen-bond donors (Lipinski definition) is 1. The van der Waals surface area contributed by atoms with Crippen LogP contribution in [0.1, 0.15) is 13.3 Å². The predicted molar refractivity (Wildman–Crippen MR) is 39.2 cm³/mol. The zero-order valence-corrected chi connectivity index (χ0v) is 6.61. The number of hydrogen-bond acceptors (Lipinski definition) is 1. The molecule has 0 amide bonds. The molecule has 0 saturated carbocycles. The molecule has 1 nitrogen and oxygen atoms in total.